The molecule has 6 nitrogen and oxygen atoms in total. The number of phenols is 2. The second-order valence-electron chi connectivity index (χ2n) is 3.46. The van der Waals surface area contributed by atoms with Crippen LogP contribution in [0.4, 0.5) is 5.69 Å². The van der Waals surface area contributed by atoms with Crippen molar-refractivity contribution in [3.8, 4) is 11.5 Å². The monoisotopic (exact) mass is 210 g/mol. The van der Waals surface area contributed by atoms with Crippen molar-refractivity contribution in [1.82, 2.24) is 5.32 Å². The van der Waals surface area contributed by atoms with E-state index in [1.54, 1.807) is 0 Å². The first-order chi connectivity index (χ1) is 7.09. The van der Waals surface area contributed by atoms with Crippen LogP contribution in [0.15, 0.2) is 12.1 Å². The van der Waals surface area contributed by atoms with Crippen LogP contribution in [-0.2, 0) is 0 Å². The number of nitro benzene ring substituents is 1. The minimum absolute atomic E-state index is 0.0372. The molecule has 1 aliphatic heterocycles. The van der Waals surface area contributed by atoms with Crippen LogP contribution in [0.1, 0.15) is 18.0 Å². The van der Waals surface area contributed by atoms with E-state index in [-0.39, 0.29) is 6.04 Å². The zero-order valence-electron chi connectivity index (χ0n) is 7.80. The number of rotatable bonds is 2. The van der Waals surface area contributed by atoms with Gasteiger partial charge in [-0.15, -0.1) is 0 Å². The standard InChI is InChI=1S/C9H10N2O4/c12-8-4-5(6-1-2-10-6)3-7(9(8)13)11(14)15/h3-4,6,10,12-13H,1-2H2/t6-/m1/s1. The highest BCUT2D eigenvalue weighted by Gasteiger charge is 2.25. The summed E-state index contributed by atoms with van der Waals surface area (Å²) in [4.78, 5) is 9.86. The minimum atomic E-state index is -0.711. The molecule has 1 aromatic rings. The van der Waals surface area contributed by atoms with Gasteiger partial charge in [0.2, 0.25) is 5.75 Å². The molecule has 1 aromatic carbocycles. The number of nitro groups is 1. The Balaban J connectivity index is 2.45. The van der Waals surface area contributed by atoms with Gasteiger partial charge in [-0.2, -0.15) is 0 Å². The molecule has 0 aliphatic carbocycles. The summed E-state index contributed by atoms with van der Waals surface area (Å²) in [5.74, 6) is -1.13. The van der Waals surface area contributed by atoms with Crippen LogP contribution < -0.4 is 5.32 Å². The summed E-state index contributed by atoms with van der Waals surface area (Å²) in [7, 11) is 0. The lowest BCUT2D eigenvalue weighted by Gasteiger charge is -2.27. The largest absolute Gasteiger partial charge is 0.504 e. The van der Waals surface area contributed by atoms with E-state index in [9.17, 15) is 20.3 Å². The zero-order valence-corrected chi connectivity index (χ0v) is 7.80. The van der Waals surface area contributed by atoms with Crippen molar-refractivity contribution < 1.29 is 15.1 Å². The summed E-state index contributed by atoms with van der Waals surface area (Å²) < 4.78 is 0. The van der Waals surface area contributed by atoms with Gasteiger partial charge in [0.1, 0.15) is 0 Å². The molecule has 1 fully saturated rings. The molecule has 0 bridgehead atoms. The molecule has 1 saturated heterocycles. The third kappa shape index (κ3) is 1.59. The van der Waals surface area contributed by atoms with E-state index >= 15 is 0 Å². The van der Waals surface area contributed by atoms with Gasteiger partial charge in [0.15, 0.2) is 5.75 Å². The highest BCUT2D eigenvalue weighted by Crippen LogP contribution is 2.39. The predicted molar refractivity (Wildman–Crippen MR) is 51.8 cm³/mol. The highest BCUT2D eigenvalue weighted by molar-refractivity contribution is 5.57. The SMILES string of the molecule is O=[N+]([O-])c1cc([C@H]2CCN2)cc(O)c1O. The number of nitrogens with zero attached hydrogens (tertiary/aromatic N) is 1. The van der Waals surface area contributed by atoms with Crippen LogP contribution in [0.2, 0.25) is 0 Å². The van der Waals surface area contributed by atoms with E-state index in [2.05, 4.69) is 5.32 Å². The van der Waals surface area contributed by atoms with Gasteiger partial charge in [0, 0.05) is 12.1 Å². The summed E-state index contributed by atoms with van der Waals surface area (Å²) in [5, 5.41) is 32.2. The van der Waals surface area contributed by atoms with Gasteiger partial charge < -0.3 is 15.5 Å². The van der Waals surface area contributed by atoms with Crippen LogP contribution in [0.25, 0.3) is 0 Å². The van der Waals surface area contributed by atoms with Crippen molar-refractivity contribution in [2.45, 2.75) is 12.5 Å². The van der Waals surface area contributed by atoms with E-state index in [4.69, 9.17) is 0 Å². The second kappa shape index (κ2) is 3.39. The number of hydrogen-bond acceptors (Lipinski definition) is 5. The topological polar surface area (TPSA) is 95.6 Å². The lowest BCUT2D eigenvalue weighted by molar-refractivity contribution is -0.386. The van der Waals surface area contributed by atoms with Crippen molar-refractivity contribution in [2.24, 2.45) is 0 Å². The smallest absolute Gasteiger partial charge is 0.314 e. The fraction of sp³-hybridized carbons (Fsp3) is 0.333. The van der Waals surface area contributed by atoms with Crippen LogP contribution in [0.5, 0.6) is 11.5 Å². The van der Waals surface area contributed by atoms with Gasteiger partial charge >= 0.3 is 5.69 Å². The Morgan fingerprint density at radius 1 is 1.47 bits per heavy atom. The average molecular weight is 210 g/mol. The van der Waals surface area contributed by atoms with E-state index in [0.717, 1.165) is 13.0 Å². The first-order valence-corrected chi connectivity index (χ1v) is 4.53. The Bertz CT molecular complexity index is 415. The fourth-order valence-corrected chi connectivity index (χ4v) is 1.54. The molecule has 0 saturated carbocycles. The molecule has 80 valence electrons. The second-order valence-corrected chi connectivity index (χ2v) is 3.46. The van der Waals surface area contributed by atoms with E-state index in [1.807, 2.05) is 0 Å². The van der Waals surface area contributed by atoms with Crippen molar-refractivity contribution in [3.05, 3.63) is 27.8 Å². The Morgan fingerprint density at radius 3 is 2.60 bits per heavy atom. The van der Waals surface area contributed by atoms with Crippen molar-refractivity contribution >= 4 is 5.69 Å². The Labute approximate surface area is 85.3 Å². The molecule has 0 amide bonds. The Morgan fingerprint density at radius 2 is 2.13 bits per heavy atom. The molecule has 0 spiro atoms. The van der Waals surface area contributed by atoms with Gasteiger partial charge in [-0.05, 0) is 24.6 Å². The fourth-order valence-electron chi connectivity index (χ4n) is 1.54. The number of benzene rings is 1. The zero-order chi connectivity index (χ0) is 11.0. The summed E-state index contributed by atoms with van der Waals surface area (Å²) in [6, 6.07) is 2.67. The third-order valence-corrected chi connectivity index (χ3v) is 2.51. The molecule has 0 radical (unpaired) electrons. The lowest BCUT2D eigenvalue weighted by Crippen LogP contribution is -2.34. The highest BCUT2D eigenvalue weighted by atomic mass is 16.6. The Kier molecular flexibility index (Phi) is 2.20. The summed E-state index contributed by atoms with van der Waals surface area (Å²) >= 11 is 0. The van der Waals surface area contributed by atoms with E-state index < -0.39 is 22.1 Å². The van der Waals surface area contributed by atoms with Crippen LogP contribution >= 0.6 is 0 Å². The molecule has 1 heterocycles. The molecule has 0 unspecified atom stereocenters. The maximum atomic E-state index is 10.6. The Hall–Kier alpha value is -1.82. The number of nitrogens with one attached hydrogen (secondary N) is 1. The van der Waals surface area contributed by atoms with Crippen LogP contribution in [0.3, 0.4) is 0 Å². The third-order valence-electron chi connectivity index (χ3n) is 2.51. The van der Waals surface area contributed by atoms with Gasteiger partial charge in [0.05, 0.1) is 4.92 Å². The van der Waals surface area contributed by atoms with Crippen molar-refractivity contribution in [1.29, 1.82) is 0 Å². The molecular weight excluding hydrogens is 200 g/mol. The number of hydrogen-bond donors (Lipinski definition) is 3. The molecule has 3 N–H and O–H groups in total. The molecule has 1 aliphatic rings. The van der Waals surface area contributed by atoms with E-state index in [1.165, 1.54) is 12.1 Å². The van der Waals surface area contributed by atoms with Gasteiger partial charge in [-0.1, -0.05) is 0 Å². The van der Waals surface area contributed by atoms with Crippen molar-refractivity contribution in [3.63, 3.8) is 0 Å². The first-order valence-electron chi connectivity index (χ1n) is 4.53. The van der Waals surface area contributed by atoms with Crippen LogP contribution in [-0.4, -0.2) is 21.7 Å². The lowest BCUT2D eigenvalue weighted by atomic mass is 9.97. The molecule has 0 aromatic heterocycles. The first kappa shape index (κ1) is 9.72. The summed E-state index contributed by atoms with van der Waals surface area (Å²) in [5.41, 5.74) is 0.168. The van der Waals surface area contributed by atoms with Crippen molar-refractivity contribution in [2.75, 3.05) is 6.54 Å². The quantitative estimate of drug-likeness (QED) is 0.385. The van der Waals surface area contributed by atoms with Crippen LogP contribution in [0, 0.1) is 10.1 Å². The average Bonchev–Trinajstić information content (AvgIpc) is 2.07. The predicted octanol–water partition coefficient (Wildman–Crippen LogP) is 1.04. The van der Waals surface area contributed by atoms with E-state index in [0.29, 0.717) is 5.56 Å². The van der Waals surface area contributed by atoms with Gasteiger partial charge in [-0.3, -0.25) is 10.1 Å². The maximum absolute atomic E-state index is 10.6. The maximum Gasteiger partial charge on any atom is 0.314 e. The molecule has 2 rings (SSSR count). The molecule has 6 heteroatoms. The minimum Gasteiger partial charge on any atom is -0.504 e. The molecular formula is C9H10N2O4. The molecule has 15 heavy (non-hydrogen) atoms. The molecule has 1 atom stereocenters. The summed E-state index contributed by atoms with van der Waals surface area (Å²) in [6.07, 6.45) is 0.876. The summed E-state index contributed by atoms with van der Waals surface area (Å²) in [6.45, 7) is 0.861. The normalized spacial score (nSPS) is 19.6. The van der Waals surface area contributed by atoms with Gasteiger partial charge in [-0.25, -0.2) is 0 Å². The van der Waals surface area contributed by atoms with Gasteiger partial charge in [0.25, 0.3) is 0 Å². The number of aromatic hydroxyl groups is 2. The number of phenolic OH excluding ortho intramolecular Hbond substituents is 2.